The molecule has 0 N–H and O–H groups in total. The summed E-state index contributed by atoms with van der Waals surface area (Å²) >= 11 is 6.28. The maximum absolute atomic E-state index is 13.7. The number of carbonyl (C=O) groups is 3. The summed E-state index contributed by atoms with van der Waals surface area (Å²) in [6.45, 7) is 1.86. The van der Waals surface area contributed by atoms with Crippen molar-refractivity contribution in [2.75, 3.05) is 26.2 Å². The molecule has 3 aromatic carbocycles. The highest BCUT2D eigenvalue weighted by atomic mass is 35.5. The molecular weight excluding hydrogens is 484 g/mol. The van der Waals surface area contributed by atoms with Crippen molar-refractivity contribution in [3.8, 4) is 17.2 Å². The summed E-state index contributed by atoms with van der Waals surface area (Å²) in [6, 6.07) is 13.4. The lowest BCUT2D eigenvalue weighted by atomic mass is 9.85. The summed E-state index contributed by atoms with van der Waals surface area (Å²) in [7, 11) is 4.48. The molecule has 2 aliphatic rings. The maximum atomic E-state index is 13.7. The fourth-order valence-electron chi connectivity index (χ4n) is 4.90. The Morgan fingerprint density at radius 1 is 0.750 bits per heavy atom. The number of amides is 3. The zero-order chi connectivity index (χ0) is 25.7. The van der Waals surface area contributed by atoms with Crippen LogP contribution in [-0.2, 0) is 4.79 Å². The monoisotopic (exact) mass is 506 g/mol. The molecule has 0 aliphatic carbocycles. The number of imide groups is 1. The van der Waals surface area contributed by atoms with Crippen molar-refractivity contribution in [3.05, 3.63) is 81.9 Å². The number of halogens is 1. The van der Waals surface area contributed by atoms with Gasteiger partial charge in [0.05, 0.1) is 38.5 Å². The van der Waals surface area contributed by atoms with E-state index in [2.05, 4.69) is 0 Å². The van der Waals surface area contributed by atoms with E-state index in [-0.39, 0.29) is 11.1 Å². The minimum Gasteiger partial charge on any atom is -0.493 e. The third-order valence-electron chi connectivity index (χ3n) is 6.63. The van der Waals surface area contributed by atoms with Crippen LogP contribution >= 0.6 is 11.6 Å². The lowest BCUT2D eigenvalue weighted by molar-refractivity contribution is -0.130. The van der Waals surface area contributed by atoms with Crippen molar-refractivity contribution in [2.45, 2.75) is 19.0 Å². The van der Waals surface area contributed by atoms with E-state index in [9.17, 15) is 14.4 Å². The van der Waals surface area contributed by atoms with Gasteiger partial charge >= 0.3 is 0 Å². The molecule has 1 fully saturated rings. The van der Waals surface area contributed by atoms with Gasteiger partial charge in [-0.3, -0.25) is 19.3 Å². The van der Waals surface area contributed by atoms with Crippen LogP contribution in [0.2, 0.25) is 5.02 Å². The predicted molar refractivity (Wildman–Crippen MR) is 133 cm³/mol. The lowest BCUT2D eigenvalue weighted by Gasteiger charge is -2.50. The van der Waals surface area contributed by atoms with Gasteiger partial charge in [0.1, 0.15) is 6.04 Å². The van der Waals surface area contributed by atoms with Crippen LogP contribution in [0.5, 0.6) is 17.2 Å². The van der Waals surface area contributed by atoms with Gasteiger partial charge in [-0.2, -0.15) is 0 Å². The Morgan fingerprint density at radius 3 is 1.86 bits per heavy atom. The molecule has 36 heavy (non-hydrogen) atoms. The third kappa shape index (κ3) is 3.40. The molecule has 0 bridgehead atoms. The van der Waals surface area contributed by atoms with Crippen molar-refractivity contribution in [1.29, 1.82) is 0 Å². The number of carbonyl (C=O) groups excluding carboxylic acids is 3. The van der Waals surface area contributed by atoms with Crippen molar-refractivity contribution in [2.24, 2.45) is 0 Å². The van der Waals surface area contributed by atoms with Crippen LogP contribution in [-0.4, -0.2) is 50.0 Å². The van der Waals surface area contributed by atoms with Crippen molar-refractivity contribution < 1.29 is 28.6 Å². The molecule has 0 unspecified atom stereocenters. The number of aryl methyl sites for hydroxylation is 1. The van der Waals surface area contributed by atoms with E-state index < -0.39 is 29.8 Å². The van der Waals surface area contributed by atoms with E-state index in [4.69, 9.17) is 25.8 Å². The third-order valence-corrected chi connectivity index (χ3v) is 6.87. The Bertz CT molecular complexity index is 1360. The average Bonchev–Trinajstić information content (AvgIpc) is 3.13. The molecule has 2 heterocycles. The molecule has 3 aromatic rings. The highest BCUT2D eigenvalue weighted by molar-refractivity contribution is 6.31. The van der Waals surface area contributed by atoms with E-state index >= 15 is 0 Å². The van der Waals surface area contributed by atoms with E-state index in [0.29, 0.717) is 33.5 Å². The van der Waals surface area contributed by atoms with Gasteiger partial charge in [0.25, 0.3) is 17.7 Å². The Morgan fingerprint density at radius 2 is 1.33 bits per heavy atom. The second kappa shape index (κ2) is 8.87. The van der Waals surface area contributed by atoms with Gasteiger partial charge in [-0.15, -0.1) is 0 Å². The van der Waals surface area contributed by atoms with Crippen LogP contribution in [0.15, 0.2) is 54.6 Å². The number of hydrogen-bond acceptors (Lipinski definition) is 6. The summed E-state index contributed by atoms with van der Waals surface area (Å²) in [5.74, 6) is -0.251. The minimum absolute atomic E-state index is 0.274. The summed E-state index contributed by atoms with van der Waals surface area (Å²) in [4.78, 5) is 43.0. The fraction of sp³-hybridized carbons (Fsp3) is 0.222. The minimum atomic E-state index is -1.07. The SMILES string of the molecule is COc1cc([C@@H]2[C@@H](N3C(=O)c4ccccc4C3=O)C(=O)N2c2cc(Cl)ccc2C)cc(OC)c1OC. The van der Waals surface area contributed by atoms with Gasteiger partial charge in [-0.1, -0.05) is 29.8 Å². The average molecular weight is 507 g/mol. The van der Waals surface area contributed by atoms with Crippen LogP contribution in [0.1, 0.15) is 37.9 Å². The molecule has 184 valence electrons. The summed E-state index contributed by atoms with van der Waals surface area (Å²) in [5.41, 5.74) is 2.54. The second-order valence-corrected chi connectivity index (χ2v) is 8.95. The molecule has 8 nitrogen and oxygen atoms in total. The van der Waals surface area contributed by atoms with Gasteiger partial charge < -0.3 is 19.1 Å². The Kier molecular flexibility index (Phi) is 5.84. The van der Waals surface area contributed by atoms with Gasteiger partial charge in [-0.05, 0) is 54.4 Å². The zero-order valence-electron chi connectivity index (χ0n) is 20.1. The molecule has 2 atom stereocenters. The summed E-state index contributed by atoms with van der Waals surface area (Å²) < 4.78 is 16.5. The van der Waals surface area contributed by atoms with Gasteiger partial charge in [0.2, 0.25) is 5.75 Å². The van der Waals surface area contributed by atoms with Crippen LogP contribution in [0, 0.1) is 6.92 Å². The van der Waals surface area contributed by atoms with Gasteiger partial charge in [0.15, 0.2) is 11.5 Å². The van der Waals surface area contributed by atoms with Gasteiger partial charge in [0, 0.05) is 10.7 Å². The summed E-state index contributed by atoms with van der Waals surface area (Å²) in [5, 5.41) is 0.455. The number of nitrogens with zero attached hydrogens (tertiary/aromatic N) is 2. The molecule has 0 spiro atoms. The topological polar surface area (TPSA) is 85.4 Å². The lowest BCUT2D eigenvalue weighted by Crippen LogP contribution is -2.67. The predicted octanol–water partition coefficient (Wildman–Crippen LogP) is 4.43. The number of anilines is 1. The first-order valence-electron chi connectivity index (χ1n) is 11.2. The largest absolute Gasteiger partial charge is 0.493 e. The number of hydrogen-bond donors (Lipinski definition) is 0. The summed E-state index contributed by atoms with van der Waals surface area (Å²) in [6.07, 6.45) is 0. The molecule has 5 rings (SSSR count). The fourth-order valence-corrected chi connectivity index (χ4v) is 5.07. The molecule has 3 amide bonds. The highest BCUT2D eigenvalue weighted by Crippen LogP contribution is 2.49. The van der Waals surface area contributed by atoms with Crippen LogP contribution in [0.4, 0.5) is 5.69 Å². The van der Waals surface area contributed by atoms with E-state index in [0.717, 1.165) is 10.5 Å². The van der Waals surface area contributed by atoms with Crippen LogP contribution in [0.25, 0.3) is 0 Å². The molecule has 1 saturated heterocycles. The van der Waals surface area contributed by atoms with Crippen LogP contribution < -0.4 is 19.1 Å². The van der Waals surface area contributed by atoms with Gasteiger partial charge in [-0.25, -0.2) is 0 Å². The number of benzene rings is 3. The highest BCUT2D eigenvalue weighted by Gasteiger charge is 2.57. The molecule has 0 saturated carbocycles. The second-order valence-electron chi connectivity index (χ2n) is 8.51. The van der Waals surface area contributed by atoms with Crippen LogP contribution in [0.3, 0.4) is 0 Å². The number of ether oxygens (including phenoxy) is 3. The molecule has 0 aromatic heterocycles. The molecule has 9 heteroatoms. The molecule has 2 aliphatic heterocycles. The Labute approximate surface area is 212 Å². The van der Waals surface area contributed by atoms with Crippen molar-refractivity contribution in [3.63, 3.8) is 0 Å². The van der Waals surface area contributed by atoms with Crippen molar-refractivity contribution in [1.82, 2.24) is 4.90 Å². The Hall–Kier alpha value is -4.04. The number of rotatable bonds is 6. The van der Waals surface area contributed by atoms with E-state index in [1.807, 2.05) is 13.0 Å². The maximum Gasteiger partial charge on any atom is 0.262 e. The first-order valence-corrected chi connectivity index (χ1v) is 11.6. The normalized spacial score (nSPS) is 18.8. The van der Waals surface area contributed by atoms with Crippen molar-refractivity contribution >= 4 is 35.0 Å². The zero-order valence-corrected chi connectivity index (χ0v) is 20.8. The smallest absolute Gasteiger partial charge is 0.262 e. The first kappa shape index (κ1) is 23.7. The van der Waals surface area contributed by atoms with E-state index in [1.165, 1.54) is 21.3 Å². The molecular formula is C27H23ClN2O6. The Balaban J connectivity index is 1.68. The first-order chi connectivity index (χ1) is 17.3. The number of methoxy groups -OCH3 is 3. The number of β-lactam (4-membered cyclic amide) rings is 1. The quantitative estimate of drug-likeness (QED) is 0.363. The number of fused-ring (bicyclic) bond motifs is 1. The van der Waals surface area contributed by atoms with E-state index in [1.54, 1.807) is 53.4 Å². The molecule has 0 radical (unpaired) electrons. The standard InChI is InChI=1S/C27H23ClN2O6/c1-14-9-10-16(28)13-19(14)29-22(15-11-20(34-2)24(36-4)21(12-15)35-3)23(27(29)33)30-25(31)17-7-5-6-8-18(17)26(30)32/h5-13,22-23H,1-4H3/t22-,23-/m1/s1.